The van der Waals surface area contributed by atoms with E-state index in [1.54, 1.807) is 30.5 Å². The zero-order valence-corrected chi connectivity index (χ0v) is 16.0. The van der Waals surface area contributed by atoms with E-state index in [9.17, 15) is 9.18 Å². The first-order valence-corrected chi connectivity index (χ1v) is 9.18. The Morgan fingerprint density at radius 1 is 1.39 bits per heavy atom. The van der Waals surface area contributed by atoms with Crippen LogP contribution in [0.5, 0.6) is 0 Å². The third-order valence-corrected chi connectivity index (χ3v) is 4.81. The molecule has 1 fully saturated rings. The smallest absolute Gasteiger partial charge is 0.241 e. The zero-order chi connectivity index (χ0) is 20.1. The Kier molecular flexibility index (Phi) is 6.59. The normalized spacial score (nSPS) is 19.1. The number of rotatable bonds is 6. The molecule has 2 N–H and O–H groups in total. The molecular weight excluding hydrogens is 388 g/mol. The minimum atomic E-state index is -1.07. The quantitative estimate of drug-likeness (QED) is 0.562. The van der Waals surface area contributed by atoms with Crippen molar-refractivity contribution in [2.24, 2.45) is 5.16 Å². The molecule has 0 radical (unpaired) electrons. The van der Waals surface area contributed by atoms with Crippen LogP contribution in [0.15, 0.2) is 41.6 Å². The second kappa shape index (κ2) is 9.12. The molecule has 0 spiro atoms. The van der Waals surface area contributed by atoms with E-state index in [-0.39, 0.29) is 24.2 Å². The highest BCUT2D eigenvalue weighted by Gasteiger charge is 2.29. The molecule has 2 aromatic rings. The number of oxime groups is 1. The molecule has 148 valence electrons. The Hall–Kier alpha value is -2.51. The third-order valence-electron chi connectivity index (χ3n) is 4.48. The molecule has 3 rings (SSSR count). The number of carbonyl (C=O) groups is 1. The summed E-state index contributed by atoms with van der Waals surface area (Å²) in [6, 6.07) is 9.26. The molecule has 0 aliphatic carbocycles. The number of halogens is 3. The maximum atomic E-state index is 15.1. The van der Waals surface area contributed by atoms with Crippen LogP contribution >= 0.6 is 11.6 Å². The SMILES string of the molecule is CO/N=C/Cc1ccc(Cl)c(-c2cccc(NC(=O)[C@@H]3C[C@@H](F)CN3)c2F)c1. The maximum absolute atomic E-state index is 15.1. The molecule has 1 heterocycles. The highest BCUT2D eigenvalue weighted by Crippen LogP contribution is 2.33. The number of hydrogen-bond donors (Lipinski definition) is 2. The number of nitrogens with zero attached hydrogens (tertiary/aromatic N) is 1. The van der Waals surface area contributed by atoms with E-state index in [1.807, 2.05) is 6.07 Å². The van der Waals surface area contributed by atoms with Crippen LogP contribution in [0, 0.1) is 5.82 Å². The first-order valence-electron chi connectivity index (χ1n) is 8.80. The van der Waals surface area contributed by atoms with Gasteiger partial charge in [-0.25, -0.2) is 8.78 Å². The molecule has 8 heteroatoms. The summed E-state index contributed by atoms with van der Waals surface area (Å²) in [5.74, 6) is -1.07. The van der Waals surface area contributed by atoms with E-state index >= 15 is 4.39 Å². The molecule has 1 saturated heterocycles. The number of alkyl halides is 1. The van der Waals surface area contributed by atoms with Gasteiger partial charge in [0.05, 0.1) is 11.7 Å². The number of anilines is 1. The van der Waals surface area contributed by atoms with Gasteiger partial charge >= 0.3 is 0 Å². The predicted molar refractivity (Wildman–Crippen MR) is 106 cm³/mol. The molecule has 0 unspecified atom stereocenters. The van der Waals surface area contributed by atoms with Crippen LogP contribution in [0.25, 0.3) is 11.1 Å². The van der Waals surface area contributed by atoms with Crippen LogP contribution in [0.2, 0.25) is 5.02 Å². The summed E-state index contributed by atoms with van der Waals surface area (Å²) in [6.07, 6.45) is 1.08. The summed E-state index contributed by atoms with van der Waals surface area (Å²) in [6.45, 7) is 0.120. The van der Waals surface area contributed by atoms with Gasteiger partial charge in [-0.05, 0) is 23.8 Å². The standard InChI is InChI=1S/C20H20ClF2N3O2/c1-28-25-8-7-12-5-6-16(21)15(9-12)14-3-2-4-17(19(14)23)26-20(27)18-10-13(22)11-24-18/h2-6,8-9,13,18,24H,7,10-11H2,1H3,(H,26,27)/b25-8+/t13-,18+/m1/s1. The Morgan fingerprint density at radius 3 is 2.93 bits per heavy atom. The third kappa shape index (κ3) is 4.66. The molecule has 0 aromatic heterocycles. The maximum Gasteiger partial charge on any atom is 0.241 e. The van der Waals surface area contributed by atoms with Gasteiger partial charge in [0.15, 0.2) is 5.82 Å². The molecule has 1 amide bonds. The molecule has 0 saturated carbocycles. The minimum Gasteiger partial charge on any atom is -0.399 e. The molecular formula is C20H20ClF2N3O2. The van der Waals surface area contributed by atoms with Crippen LogP contribution in [0.4, 0.5) is 14.5 Å². The summed E-state index contributed by atoms with van der Waals surface area (Å²) < 4.78 is 28.4. The van der Waals surface area contributed by atoms with Gasteiger partial charge in [-0.3, -0.25) is 4.79 Å². The van der Waals surface area contributed by atoms with Gasteiger partial charge in [0.25, 0.3) is 0 Å². The van der Waals surface area contributed by atoms with E-state index in [0.717, 1.165) is 5.56 Å². The topological polar surface area (TPSA) is 62.7 Å². The lowest BCUT2D eigenvalue weighted by Crippen LogP contribution is -2.35. The van der Waals surface area contributed by atoms with Crippen molar-refractivity contribution in [2.45, 2.75) is 25.1 Å². The number of hydrogen-bond acceptors (Lipinski definition) is 4. The lowest BCUT2D eigenvalue weighted by atomic mass is 10.0. The van der Waals surface area contributed by atoms with Crippen molar-refractivity contribution in [1.29, 1.82) is 0 Å². The number of carbonyl (C=O) groups excluding carboxylic acids is 1. The number of nitrogens with one attached hydrogen (secondary N) is 2. The lowest BCUT2D eigenvalue weighted by Gasteiger charge is -2.14. The van der Waals surface area contributed by atoms with Crippen molar-refractivity contribution in [1.82, 2.24) is 5.32 Å². The van der Waals surface area contributed by atoms with Crippen molar-refractivity contribution in [3.8, 4) is 11.1 Å². The Morgan fingerprint density at radius 2 is 2.21 bits per heavy atom. The molecule has 0 bridgehead atoms. The lowest BCUT2D eigenvalue weighted by molar-refractivity contribution is -0.117. The van der Waals surface area contributed by atoms with Crippen molar-refractivity contribution in [3.05, 3.63) is 52.8 Å². The summed E-state index contributed by atoms with van der Waals surface area (Å²) in [5, 5.41) is 9.38. The van der Waals surface area contributed by atoms with Gasteiger partial charge in [0.1, 0.15) is 13.3 Å². The van der Waals surface area contributed by atoms with E-state index in [2.05, 4.69) is 20.6 Å². The van der Waals surface area contributed by atoms with Crippen molar-refractivity contribution >= 4 is 29.4 Å². The van der Waals surface area contributed by atoms with Crippen molar-refractivity contribution in [3.63, 3.8) is 0 Å². The molecule has 2 aromatic carbocycles. The second-order valence-corrected chi connectivity index (χ2v) is 6.85. The monoisotopic (exact) mass is 407 g/mol. The van der Waals surface area contributed by atoms with Crippen LogP contribution in [0.1, 0.15) is 12.0 Å². The van der Waals surface area contributed by atoms with E-state index < -0.39 is 23.9 Å². The average Bonchev–Trinajstić information content (AvgIpc) is 3.12. The largest absolute Gasteiger partial charge is 0.399 e. The van der Waals surface area contributed by atoms with Gasteiger partial charge in [-0.15, -0.1) is 0 Å². The van der Waals surface area contributed by atoms with Gasteiger partial charge in [0, 0.05) is 41.8 Å². The Balaban J connectivity index is 1.85. The fourth-order valence-corrected chi connectivity index (χ4v) is 3.29. The van der Waals surface area contributed by atoms with Crippen molar-refractivity contribution in [2.75, 3.05) is 19.0 Å². The van der Waals surface area contributed by atoms with E-state index in [0.29, 0.717) is 17.0 Å². The Bertz CT molecular complexity index is 892. The van der Waals surface area contributed by atoms with Crippen LogP contribution in [-0.2, 0) is 16.1 Å². The number of benzene rings is 2. The first kappa shape index (κ1) is 20.2. The highest BCUT2D eigenvalue weighted by atomic mass is 35.5. The van der Waals surface area contributed by atoms with Crippen LogP contribution in [-0.4, -0.2) is 38.0 Å². The van der Waals surface area contributed by atoms with E-state index in [1.165, 1.54) is 13.2 Å². The van der Waals surface area contributed by atoms with Crippen LogP contribution < -0.4 is 10.6 Å². The molecule has 28 heavy (non-hydrogen) atoms. The van der Waals surface area contributed by atoms with Gasteiger partial charge in [-0.2, -0.15) is 0 Å². The van der Waals surface area contributed by atoms with Gasteiger partial charge < -0.3 is 15.5 Å². The van der Waals surface area contributed by atoms with Crippen LogP contribution in [0.3, 0.4) is 0 Å². The zero-order valence-electron chi connectivity index (χ0n) is 15.2. The Labute approximate surface area is 166 Å². The summed E-state index contributed by atoms with van der Waals surface area (Å²) in [5.41, 5.74) is 1.66. The second-order valence-electron chi connectivity index (χ2n) is 6.44. The fraction of sp³-hybridized carbons (Fsp3) is 0.300. The minimum absolute atomic E-state index is 0.0222. The predicted octanol–water partition coefficient (Wildman–Crippen LogP) is 3.96. The summed E-state index contributed by atoms with van der Waals surface area (Å²) in [7, 11) is 1.45. The van der Waals surface area contributed by atoms with Crippen molar-refractivity contribution < 1.29 is 18.4 Å². The van der Waals surface area contributed by atoms with E-state index in [4.69, 9.17) is 11.6 Å². The molecule has 2 atom stereocenters. The fourth-order valence-electron chi connectivity index (χ4n) is 3.07. The molecule has 1 aliphatic heterocycles. The molecule has 5 nitrogen and oxygen atoms in total. The average molecular weight is 408 g/mol. The number of amides is 1. The first-order chi connectivity index (χ1) is 13.5. The van der Waals surface area contributed by atoms with Gasteiger partial charge in [0.2, 0.25) is 5.91 Å². The molecule has 1 aliphatic rings. The summed E-state index contributed by atoms with van der Waals surface area (Å²) in [4.78, 5) is 16.9. The van der Waals surface area contributed by atoms with Gasteiger partial charge in [-0.1, -0.05) is 35.0 Å². The summed E-state index contributed by atoms with van der Waals surface area (Å²) >= 11 is 6.28. The highest BCUT2D eigenvalue weighted by molar-refractivity contribution is 6.33.